The highest BCUT2D eigenvalue weighted by Crippen LogP contribution is 2.28. The molecule has 0 unspecified atom stereocenters. The summed E-state index contributed by atoms with van der Waals surface area (Å²) in [5, 5.41) is 0. The van der Waals surface area contributed by atoms with E-state index in [4.69, 9.17) is 4.98 Å². The first kappa shape index (κ1) is 14.6. The van der Waals surface area contributed by atoms with E-state index in [1.165, 1.54) is 5.56 Å². The molecule has 2 aromatic carbocycles. The van der Waals surface area contributed by atoms with E-state index in [2.05, 4.69) is 53.7 Å². The van der Waals surface area contributed by atoms with Crippen molar-refractivity contribution in [3.63, 3.8) is 0 Å². The maximum absolute atomic E-state index is 4.83. The van der Waals surface area contributed by atoms with Crippen LogP contribution in [0.5, 0.6) is 0 Å². The minimum Gasteiger partial charge on any atom is -0.291 e. The van der Waals surface area contributed by atoms with Gasteiger partial charge in [-0.3, -0.25) is 9.55 Å². The fourth-order valence-corrected chi connectivity index (χ4v) is 2.92. The van der Waals surface area contributed by atoms with Gasteiger partial charge in [-0.15, -0.1) is 0 Å². The monoisotopic (exact) mass is 313 g/mol. The van der Waals surface area contributed by atoms with Gasteiger partial charge in [0.05, 0.1) is 11.0 Å². The van der Waals surface area contributed by atoms with E-state index in [-0.39, 0.29) is 0 Å². The Balaban J connectivity index is 1.95. The van der Waals surface area contributed by atoms with Gasteiger partial charge in [-0.25, -0.2) is 4.98 Å². The second-order valence-corrected chi connectivity index (χ2v) is 6.23. The lowest BCUT2D eigenvalue weighted by atomic mass is 10.1. The number of fused-ring (bicyclic) bond motifs is 1. The molecule has 0 bridgehead atoms. The summed E-state index contributed by atoms with van der Waals surface area (Å²) in [6.45, 7) is 4.35. The summed E-state index contributed by atoms with van der Waals surface area (Å²) in [6.07, 6.45) is 1.95. The van der Waals surface area contributed by atoms with Gasteiger partial charge in [-0.1, -0.05) is 50.2 Å². The number of aromatic nitrogens is 3. The molecule has 2 aromatic heterocycles. The average Bonchev–Trinajstić information content (AvgIpc) is 3.02. The number of rotatable bonds is 3. The Labute approximate surface area is 141 Å². The van der Waals surface area contributed by atoms with Crippen LogP contribution in [0.15, 0.2) is 72.9 Å². The highest BCUT2D eigenvalue weighted by atomic mass is 15.1. The van der Waals surface area contributed by atoms with Crippen LogP contribution in [0.3, 0.4) is 0 Å². The third-order valence-corrected chi connectivity index (χ3v) is 4.26. The van der Waals surface area contributed by atoms with Crippen molar-refractivity contribution in [2.75, 3.05) is 0 Å². The summed E-state index contributed by atoms with van der Waals surface area (Å²) in [5.41, 5.74) is 5.29. The molecule has 0 saturated heterocycles. The Morgan fingerprint density at radius 1 is 0.833 bits per heavy atom. The van der Waals surface area contributed by atoms with E-state index in [0.717, 1.165) is 28.2 Å². The molecule has 4 rings (SSSR count). The minimum absolute atomic E-state index is 0.472. The second-order valence-electron chi connectivity index (χ2n) is 6.23. The van der Waals surface area contributed by atoms with Crippen molar-refractivity contribution in [1.29, 1.82) is 0 Å². The molecule has 0 saturated carbocycles. The van der Waals surface area contributed by atoms with Crippen molar-refractivity contribution in [1.82, 2.24) is 14.5 Å². The smallest absolute Gasteiger partial charge is 0.164 e. The van der Waals surface area contributed by atoms with Crippen LogP contribution in [-0.2, 0) is 0 Å². The van der Waals surface area contributed by atoms with Gasteiger partial charge in [-0.05, 0) is 41.8 Å². The molecular weight excluding hydrogens is 294 g/mol. The SMILES string of the molecule is CC(C)c1ccc(-c2nc3ccccc3n2-c2ccccc2)nc1. The zero-order valence-electron chi connectivity index (χ0n) is 13.8. The summed E-state index contributed by atoms with van der Waals surface area (Å²) < 4.78 is 2.17. The lowest BCUT2D eigenvalue weighted by molar-refractivity contribution is 0.858. The van der Waals surface area contributed by atoms with Crippen LogP contribution in [0.4, 0.5) is 0 Å². The molecule has 0 aliphatic carbocycles. The lowest BCUT2D eigenvalue weighted by Gasteiger charge is -2.10. The molecule has 0 aliphatic rings. The van der Waals surface area contributed by atoms with Crippen LogP contribution < -0.4 is 0 Å². The van der Waals surface area contributed by atoms with Crippen molar-refractivity contribution in [2.24, 2.45) is 0 Å². The highest BCUT2D eigenvalue weighted by Gasteiger charge is 2.15. The summed E-state index contributed by atoms with van der Waals surface area (Å²) >= 11 is 0. The third-order valence-electron chi connectivity index (χ3n) is 4.26. The fraction of sp³-hybridized carbons (Fsp3) is 0.143. The first-order valence-corrected chi connectivity index (χ1v) is 8.23. The zero-order valence-corrected chi connectivity index (χ0v) is 13.8. The van der Waals surface area contributed by atoms with Crippen LogP contribution in [0.25, 0.3) is 28.2 Å². The van der Waals surface area contributed by atoms with E-state index < -0.39 is 0 Å². The molecule has 0 atom stereocenters. The summed E-state index contributed by atoms with van der Waals surface area (Å²) in [4.78, 5) is 9.50. The number of hydrogen-bond acceptors (Lipinski definition) is 2. The molecule has 118 valence electrons. The molecule has 0 radical (unpaired) electrons. The Morgan fingerprint density at radius 3 is 2.29 bits per heavy atom. The standard InChI is InChI=1S/C21H19N3/c1-15(2)16-12-13-19(22-14-16)21-23-18-10-6-7-11-20(18)24(21)17-8-4-3-5-9-17/h3-15H,1-2H3. The Morgan fingerprint density at radius 2 is 1.58 bits per heavy atom. The van der Waals surface area contributed by atoms with Crippen LogP contribution in [0, 0.1) is 0 Å². The van der Waals surface area contributed by atoms with Gasteiger partial charge in [0.25, 0.3) is 0 Å². The van der Waals surface area contributed by atoms with Gasteiger partial charge in [0.2, 0.25) is 0 Å². The van der Waals surface area contributed by atoms with Crippen molar-refractivity contribution < 1.29 is 0 Å². The molecule has 0 aliphatic heterocycles. The van der Waals surface area contributed by atoms with E-state index in [1.54, 1.807) is 0 Å². The Hall–Kier alpha value is -2.94. The quantitative estimate of drug-likeness (QED) is 0.520. The van der Waals surface area contributed by atoms with Gasteiger partial charge in [0, 0.05) is 11.9 Å². The van der Waals surface area contributed by atoms with Crippen molar-refractivity contribution in [3.05, 3.63) is 78.5 Å². The van der Waals surface area contributed by atoms with Gasteiger partial charge in [0.1, 0.15) is 5.69 Å². The number of pyridine rings is 1. The maximum atomic E-state index is 4.83. The first-order chi connectivity index (χ1) is 11.7. The number of imidazole rings is 1. The normalized spacial score (nSPS) is 11.3. The van der Waals surface area contributed by atoms with Gasteiger partial charge < -0.3 is 0 Å². The van der Waals surface area contributed by atoms with E-state index >= 15 is 0 Å². The molecule has 3 nitrogen and oxygen atoms in total. The number of nitrogens with zero attached hydrogens (tertiary/aromatic N) is 3. The second kappa shape index (κ2) is 5.93. The molecule has 4 aromatic rings. The lowest BCUT2D eigenvalue weighted by Crippen LogP contribution is -1.99. The molecule has 24 heavy (non-hydrogen) atoms. The number of benzene rings is 2. The molecule has 0 amide bonds. The molecule has 0 fully saturated rings. The summed E-state index contributed by atoms with van der Waals surface area (Å²) in [5.74, 6) is 1.34. The molecule has 2 heterocycles. The fourth-order valence-electron chi connectivity index (χ4n) is 2.92. The van der Waals surface area contributed by atoms with Crippen molar-refractivity contribution in [2.45, 2.75) is 19.8 Å². The van der Waals surface area contributed by atoms with Crippen molar-refractivity contribution >= 4 is 11.0 Å². The van der Waals surface area contributed by atoms with Crippen LogP contribution in [0.2, 0.25) is 0 Å². The Kier molecular flexibility index (Phi) is 3.62. The molecule has 0 spiro atoms. The van der Waals surface area contributed by atoms with Crippen LogP contribution >= 0.6 is 0 Å². The van der Waals surface area contributed by atoms with E-state index in [1.807, 2.05) is 42.6 Å². The predicted molar refractivity (Wildman–Crippen MR) is 98.4 cm³/mol. The first-order valence-electron chi connectivity index (χ1n) is 8.23. The van der Waals surface area contributed by atoms with E-state index in [0.29, 0.717) is 5.92 Å². The van der Waals surface area contributed by atoms with Gasteiger partial charge in [-0.2, -0.15) is 0 Å². The molecular formula is C21H19N3. The Bertz CT molecular complexity index is 967. The van der Waals surface area contributed by atoms with E-state index in [9.17, 15) is 0 Å². The maximum Gasteiger partial charge on any atom is 0.164 e. The third kappa shape index (κ3) is 2.48. The molecule has 0 N–H and O–H groups in total. The minimum atomic E-state index is 0.472. The topological polar surface area (TPSA) is 30.7 Å². The highest BCUT2D eigenvalue weighted by molar-refractivity contribution is 5.82. The average molecular weight is 313 g/mol. The largest absolute Gasteiger partial charge is 0.291 e. The van der Waals surface area contributed by atoms with Gasteiger partial charge >= 0.3 is 0 Å². The van der Waals surface area contributed by atoms with Gasteiger partial charge in [0.15, 0.2) is 5.82 Å². The molecule has 3 heteroatoms. The predicted octanol–water partition coefficient (Wildman–Crippen LogP) is 5.21. The number of para-hydroxylation sites is 3. The summed E-state index contributed by atoms with van der Waals surface area (Å²) in [6, 6.07) is 22.7. The van der Waals surface area contributed by atoms with Crippen LogP contribution in [-0.4, -0.2) is 14.5 Å². The van der Waals surface area contributed by atoms with Crippen molar-refractivity contribution in [3.8, 4) is 17.2 Å². The summed E-state index contributed by atoms with van der Waals surface area (Å²) in [7, 11) is 0. The number of hydrogen-bond donors (Lipinski definition) is 0. The van der Waals surface area contributed by atoms with Crippen LogP contribution in [0.1, 0.15) is 25.3 Å². The zero-order chi connectivity index (χ0) is 16.5.